The van der Waals surface area contributed by atoms with E-state index in [0.29, 0.717) is 0 Å². The third-order valence-electron chi connectivity index (χ3n) is 5.65. The van der Waals surface area contributed by atoms with E-state index in [1.54, 1.807) is 14.2 Å². The zero-order chi connectivity index (χ0) is 17.0. The van der Waals surface area contributed by atoms with Crippen molar-refractivity contribution in [1.82, 2.24) is 0 Å². The van der Waals surface area contributed by atoms with Crippen LogP contribution in [0.2, 0.25) is 0 Å². The molecule has 0 saturated heterocycles. The maximum Gasteiger partial charge on any atom is 0.161 e. The largest absolute Gasteiger partial charge is 0.493 e. The first-order valence-corrected chi connectivity index (χ1v) is 9.00. The minimum absolute atomic E-state index is 0.274. The van der Waals surface area contributed by atoms with Gasteiger partial charge in [0.15, 0.2) is 11.5 Å². The summed E-state index contributed by atoms with van der Waals surface area (Å²) in [5.41, 5.74) is 0.614. The molecule has 0 spiro atoms. The van der Waals surface area contributed by atoms with Crippen LogP contribution in [-0.2, 0) is 10.2 Å². The predicted octanol–water partition coefficient (Wildman–Crippen LogP) is 4.37. The van der Waals surface area contributed by atoms with E-state index in [2.05, 4.69) is 6.07 Å². The molecule has 0 atom stereocenters. The lowest BCUT2D eigenvalue weighted by molar-refractivity contribution is 0.0573. The van der Waals surface area contributed by atoms with Crippen LogP contribution in [0.3, 0.4) is 0 Å². The lowest BCUT2D eigenvalue weighted by atomic mass is 9.69. The number of nitrogens with zero attached hydrogens (tertiary/aromatic N) is 1. The molecule has 3 rings (SSSR count). The highest BCUT2D eigenvalue weighted by Crippen LogP contribution is 2.43. The molecule has 0 unspecified atom stereocenters. The van der Waals surface area contributed by atoms with Crippen molar-refractivity contribution in [3.8, 4) is 17.6 Å². The molecule has 4 nitrogen and oxygen atoms in total. The fraction of sp³-hybridized carbons (Fsp3) is 0.650. The van der Waals surface area contributed by atoms with E-state index in [1.807, 2.05) is 18.2 Å². The minimum atomic E-state index is -0.435. The van der Waals surface area contributed by atoms with Gasteiger partial charge >= 0.3 is 0 Å². The second-order valence-corrected chi connectivity index (χ2v) is 7.02. The normalized spacial score (nSPS) is 27.6. The number of ether oxygens (including phenoxy) is 3. The van der Waals surface area contributed by atoms with E-state index in [4.69, 9.17) is 14.2 Å². The Balaban J connectivity index is 1.85. The van der Waals surface area contributed by atoms with Crippen molar-refractivity contribution in [2.45, 2.75) is 69.0 Å². The number of hydrogen-bond donors (Lipinski definition) is 0. The molecule has 0 N–H and O–H groups in total. The topological polar surface area (TPSA) is 51.5 Å². The van der Waals surface area contributed by atoms with Crippen molar-refractivity contribution in [2.24, 2.45) is 0 Å². The summed E-state index contributed by atoms with van der Waals surface area (Å²) >= 11 is 0. The van der Waals surface area contributed by atoms with Crippen molar-refractivity contribution in [3.63, 3.8) is 0 Å². The fourth-order valence-corrected chi connectivity index (χ4v) is 4.04. The Hall–Kier alpha value is -1.73. The van der Waals surface area contributed by atoms with E-state index in [-0.39, 0.29) is 12.2 Å². The highest BCUT2D eigenvalue weighted by molar-refractivity contribution is 5.47. The summed E-state index contributed by atoms with van der Waals surface area (Å²) in [7, 11) is 3.42. The summed E-state index contributed by atoms with van der Waals surface area (Å²) in [4.78, 5) is 0. The summed E-state index contributed by atoms with van der Waals surface area (Å²) < 4.78 is 17.1. The highest BCUT2D eigenvalue weighted by atomic mass is 16.5. The van der Waals surface area contributed by atoms with Crippen LogP contribution in [0.4, 0.5) is 0 Å². The first kappa shape index (κ1) is 17.1. The van der Waals surface area contributed by atoms with Gasteiger partial charge in [0.2, 0.25) is 0 Å². The number of rotatable bonds is 5. The maximum absolute atomic E-state index is 9.89. The van der Waals surface area contributed by atoms with Gasteiger partial charge in [-0.15, -0.1) is 0 Å². The van der Waals surface area contributed by atoms with Gasteiger partial charge in [0.05, 0.1) is 30.8 Å². The van der Waals surface area contributed by atoms with Crippen molar-refractivity contribution in [2.75, 3.05) is 14.2 Å². The number of methoxy groups -OCH3 is 2. The van der Waals surface area contributed by atoms with Crippen LogP contribution in [0, 0.1) is 11.3 Å². The van der Waals surface area contributed by atoms with E-state index in [0.717, 1.165) is 55.6 Å². The minimum Gasteiger partial charge on any atom is -0.493 e. The summed E-state index contributed by atoms with van der Waals surface area (Å²) in [5.74, 6) is 1.54. The molecule has 2 aliphatic rings. The molecule has 0 aliphatic heterocycles. The van der Waals surface area contributed by atoms with Crippen molar-refractivity contribution in [1.29, 1.82) is 5.26 Å². The van der Waals surface area contributed by atoms with Gasteiger partial charge < -0.3 is 14.2 Å². The van der Waals surface area contributed by atoms with Crippen LogP contribution >= 0.6 is 0 Å². The molecule has 2 fully saturated rings. The second kappa shape index (κ2) is 7.44. The van der Waals surface area contributed by atoms with Crippen LogP contribution in [0.5, 0.6) is 11.5 Å². The zero-order valence-electron chi connectivity index (χ0n) is 14.7. The number of benzene rings is 1. The molecule has 0 aromatic heterocycles. The van der Waals surface area contributed by atoms with Crippen molar-refractivity contribution >= 4 is 0 Å². The van der Waals surface area contributed by atoms with Gasteiger partial charge in [0, 0.05) is 7.11 Å². The molecule has 1 aromatic carbocycles. The maximum atomic E-state index is 9.89. The van der Waals surface area contributed by atoms with E-state index in [1.165, 1.54) is 12.8 Å². The molecule has 2 saturated carbocycles. The number of nitriles is 1. The van der Waals surface area contributed by atoms with Crippen LogP contribution < -0.4 is 9.47 Å². The monoisotopic (exact) mass is 329 g/mol. The predicted molar refractivity (Wildman–Crippen MR) is 92.4 cm³/mol. The molecule has 24 heavy (non-hydrogen) atoms. The standard InChI is InChI=1S/C20H27NO3/c1-22-16-9-11-20(14-21,12-10-16)15-7-8-18(23-2)19(13-15)24-17-5-3-4-6-17/h7-8,13,16-17H,3-6,9-12H2,1-2H3/t16-,20-. The second-order valence-electron chi connectivity index (χ2n) is 7.02. The van der Waals surface area contributed by atoms with Gasteiger partial charge in [-0.2, -0.15) is 5.26 Å². The van der Waals surface area contributed by atoms with Crippen LogP contribution in [0.1, 0.15) is 56.9 Å². The molecular weight excluding hydrogens is 302 g/mol. The molecule has 1 aromatic rings. The SMILES string of the molecule is COc1ccc([C@]2(C#N)CC[C@@H](OC)CC2)cc1OC1CCCC1. The van der Waals surface area contributed by atoms with Crippen LogP contribution in [0.15, 0.2) is 18.2 Å². The molecule has 0 bridgehead atoms. The number of hydrogen-bond acceptors (Lipinski definition) is 4. The molecule has 4 heteroatoms. The molecule has 130 valence electrons. The van der Waals surface area contributed by atoms with Gasteiger partial charge in [-0.05, 0) is 69.1 Å². The summed E-state index contributed by atoms with van der Waals surface area (Å²) in [6.07, 6.45) is 8.73. The summed E-state index contributed by atoms with van der Waals surface area (Å²) in [6, 6.07) is 8.59. The Bertz CT molecular complexity index is 593. The van der Waals surface area contributed by atoms with Crippen molar-refractivity contribution < 1.29 is 14.2 Å². The molecular formula is C20H27NO3. The fourth-order valence-electron chi connectivity index (χ4n) is 4.04. The Morgan fingerprint density at radius 1 is 1.00 bits per heavy atom. The van der Waals surface area contributed by atoms with Crippen LogP contribution in [0.25, 0.3) is 0 Å². The van der Waals surface area contributed by atoms with Gasteiger partial charge in [-0.3, -0.25) is 0 Å². The Morgan fingerprint density at radius 3 is 2.29 bits per heavy atom. The van der Waals surface area contributed by atoms with Crippen LogP contribution in [-0.4, -0.2) is 26.4 Å². The molecule has 0 heterocycles. The smallest absolute Gasteiger partial charge is 0.161 e. The average Bonchev–Trinajstić information content (AvgIpc) is 3.15. The van der Waals surface area contributed by atoms with Gasteiger partial charge in [-0.1, -0.05) is 6.07 Å². The molecule has 2 aliphatic carbocycles. The Labute approximate surface area is 144 Å². The van der Waals surface area contributed by atoms with Gasteiger partial charge in [0.25, 0.3) is 0 Å². The van der Waals surface area contributed by atoms with E-state index < -0.39 is 5.41 Å². The first-order chi connectivity index (χ1) is 11.7. The highest BCUT2D eigenvalue weighted by Gasteiger charge is 2.38. The van der Waals surface area contributed by atoms with Crippen molar-refractivity contribution in [3.05, 3.63) is 23.8 Å². The van der Waals surface area contributed by atoms with E-state index in [9.17, 15) is 5.26 Å². The quantitative estimate of drug-likeness (QED) is 0.805. The molecule has 0 amide bonds. The van der Waals surface area contributed by atoms with E-state index >= 15 is 0 Å². The summed E-state index contributed by atoms with van der Waals surface area (Å²) in [5, 5.41) is 9.89. The third-order valence-corrected chi connectivity index (χ3v) is 5.65. The third kappa shape index (κ3) is 3.37. The average molecular weight is 329 g/mol. The lowest BCUT2D eigenvalue weighted by Crippen LogP contribution is -2.33. The van der Waals surface area contributed by atoms with Gasteiger partial charge in [-0.25, -0.2) is 0 Å². The first-order valence-electron chi connectivity index (χ1n) is 9.00. The summed E-state index contributed by atoms with van der Waals surface area (Å²) in [6.45, 7) is 0. The Morgan fingerprint density at radius 2 is 1.71 bits per heavy atom. The molecule has 0 radical (unpaired) electrons. The Kier molecular flexibility index (Phi) is 5.30. The van der Waals surface area contributed by atoms with Gasteiger partial charge in [0.1, 0.15) is 0 Å². The zero-order valence-corrected chi connectivity index (χ0v) is 14.7. The lowest BCUT2D eigenvalue weighted by Gasteiger charge is -2.35.